The molecule has 0 atom stereocenters. The fraction of sp³-hybridized carbons (Fsp3) is 0.231. The Labute approximate surface area is 156 Å². The second kappa shape index (κ2) is 7.74. The van der Waals surface area contributed by atoms with Crippen LogP contribution in [0.3, 0.4) is 0 Å². The molecule has 0 nitrogen and oxygen atoms in total. The van der Waals surface area contributed by atoms with Gasteiger partial charge < -0.3 is 0 Å². The Morgan fingerprint density at radius 1 is 0.577 bits per heavy atom. The summed E-state index contributed by atoms with van der Waals surface area (Å²) >= 11 is 0. The monoisotopic (exact) mass is 338 g/mol. The SMILES string of the molecule is CCCCCC(c1ccc2ccccc2c1)c1ccc2ccccc2c1. The Morgan fingerprint density at radius 3 is 1.58 bits per heavy atom. The summed E-state index contributed by atoms with van der Waals surface area (Å²) in [7, 11) is 0. The lowest BCUT2D eigenvalue weighted by molar-refractivity contribution is 0.619. The molecule has 0 saturated carbocycles. The minimum atomic E-state index is 0.468. The smallest absolute Gasteiger partial charge is 0.00897 e. The molecule has 0 radical (unpaired) electrons. The van der Waals surface area contributed by atoms with Gasteiger partial charge in [0.25, 0.3) is 0 Å². The predicted molar refractivity (Wildman–Crippen MR) is 114 cm³/mol. The Morgan fingerprint density at radius 2 is 1.08 bits per heavy atom. The van der Waals surface area contributed by atoms with Crippen molar-refractivity contribution in [2.45, 2.75) is 38.5 Å². The van der Waals surface area contributed by atoms with Gasteiger partial charge in [-0.1, -0.05) is 111 Å². The molecular formula is C26H26. The van der Waals surface area contributed by atoms with Crippen molar-refractivity contribution in [3.8, 4) is 0 Å². The highest BCUT2D eigenvalue weighted by Gasteiger charge is 2.15. The lowest BCUT2D eigenvalue weighted by Gasteiger charge is -2.19. The van der Waals surface area contributed by atoms with Gasteiger partial charge in [0, 0.05) is 5.92 Å². The summed E-state index contributed by atoms with van der Waals surface area (Å²) in [6, 6.07) is 31.3. The molecule has 0 heterocycles. The van der Waals surface area contributed by atoms with Gasteiger partial charge in [0.15, 0.2) is 0 Å². The minimum absolute atomic E-state index is 0.468. The molecule has 4 aromatic carbocycles. The Bertz CT molecular complexity index is 933. The molecule has 4 rings (SSSR count). The van der Waals surface area contributed by atoms with Crippen LogP contribution in [-0.2, 0) is 0 Å². The first kappa shape index (κ1) is 16.8. The lowest BCUT2D eigenvalue weighted by atomic mass is 9.85. The molecule has 130 valence electrons. The second-order valence-electron chi connectivity index (χ2n) is 7.26. The average molecular weight is 338 g/mol. The average Bonchev–Trinajstić information content (AvgIpc) is 2.70. The van der Waals surface area contributed by atoms with Crippen LogP contribution in [0.1, 0.15) is 49.7 Å². The zero-order valence-electron chi connectivity index (χ0n) is 15.5. The summed E-state index contributed by atoms with van der Waals surface area (Å²) in [4.78, 5) is 0. The summed E-state index contributed by atoms with van der Waals surface area (Å²) in [5.74, 6) is 0.468. The number of benzene rings is 4. The van der Waals surface area contributed by atoms with E-state index in [4.69, 9.17) is 0 Å². The molecule has 0 saturated heterocycles. The van der Waals surface area contributed by atoms with Crippen LogP contribution in [0.15, 0.2) is 84.9 Å². The summed E-state index contributed by atoms with van der Waals surface area (Å²) in [5.41, 5.74) is 2.88. The van der Waals surface area contributed by atoms with Crippen molar-refractivity contribution in [2.24, 2.45) is 0 Å². The van der Waals surface area contributed by atoms with Crippen LogP contribution in [0.5, 0.6) is 0 Å². The van der Waals surface area contributed by atoms with Crippen molar-refractivity contribution in [2.75, 3.05) is 0 Å². The van der Waals surface area contributed by atoms with E-state index in [0.29, 0.717) is 5.92 Å². The van der Waals surface area contributed by atoms with E-state index < -0.39 is 0 Å². The molecule has 0 bridgehead atoms. The van der Waals surface area contributed by atoms with Gasteiger partial charge in [0.05, 0.1) is 0 Å². The summed E-state index contributed by atoms with van der Waals surface area (Å²) < 4.78 is 0. The van der Waals surface area contributed by atoms with Crippen molar-refractivity contribution in [3.63, 3.8) is 0 Å². The van der Waals surface area contributed by atoms with Gasteiger partial charge in [-0.15, -0.1) is 0 Å². The lowest BCUT2D eigenvalue weighted by Crippen LogP contribution is -2.02. The van der Waals surface area contributed by atoms with Crippen LogP contribution in [0.4, 0.5) is 0 Å². The Kier molecular flexibility index (Phi) is 5.02. The summed E-state index contributed by atoms with van der Waals surface area (Å²) in [6.07, 6.45) is 5.06. The Hall–Kier alpha value is -2.60. The van der Waals surface area contributed by atoms with Gasteiger partial charge in [-0.05, 0) is 39.1 Å². The third kappa shape index (κ3) is 3.51. The molecule has 0 fully saturated rings. The maximum absolute atomic E-state index is 2.39. The number of unbranched alkanes of at least 4 members (excludes halogenated alkanes) is 2. The molecule has 26 heavy (non-hydrogen) atoms. The van der Waals surface area contributed by atoms with Crippen molar-refractivity contribution in [1.29, 1.82) is 0 Å². The van der Waals surface area contributed by atoms with Crippen molar-refractivity contribution in [1.82, 2.24) is 0 Å². The minimum Gasteiger partial charge on any atom is -0.0654 e. The first-order chi connectivity index (χ1) is 12.8. The van der Waals surface area contributed by atoms with Gasteiger partial charge in [0.2, 0.25) is 0 Å². The van der Waals surface area contributed by atoms with E-state index >= 15 is 0 Å². The number of hydrogen-bond acceptors (Lipinski definition) is 0. The van der Waals surface area contributed by atoms with E-state index in [0.717, 1.165) is 0 Å². The maximum Gasteiger partial charge on any atom is 0.00897 e. The van der Waals surface area contributed by atoms with Crippen LogP contribution in [-0.4, -0.2) is 0 Å². The van der Waals surface area contributed by atoms with Crippen LogP contribution >= 0.6 is 0 Å². The fourth-order valence-electron chi connectivity index (χ4n) is 3.97. The first-order valence-electron chi connectivity index (χ1n) is 9.82. The largest absolute Gasteiger partial charge is 0.0654 e. The van der Waals surface area contributed by atoms with Crippen LogP contribution in [0, 0.1) is 0 Å². The Balaban J connectivity index is 1.76. The van der Waals surface area contributed by atoms with Crippen molar-refractivity contribution >= 4 is 21.5 Å². The highest BCUT2D eigenvalue weighted by molar-refractivity contribution is 5.84. The molecular weight excluding hydrogens is 312 g/mol. The predicted octanol–water partition coefficient (Wildman–Crippen LogP) is 7.71. The molecule has 4 aromatic rings. The molecule has 0 heteroatoms. The van der Waals surface area contributed by atoms with Crippen LogP contribution < -0.4 is 0 Å². The van der Waals surface area contributed by atoms with E-state index in [-0.39, 0.29) is 0 Å². The van der Waals surface area contributed by atoms with Crippen LogP contribution in [0.2, 0.25) is 0 Å². The quantitative estimate of drug-likeness (QED) is 0.316. The van der Waals surface area contributed by atoms with Gasteiger partial charge >= 0.3 is 0 Å². The normalized spacial score (nSPS) is 11.5. The highest BCUT2D eigenvalue weighted by Crippen LogP contribution is 2.33. The molecule has 0 N–H and O–H groups in total. The fourth-order valence-corrected chi connectivity index (χ4v) is 3.97. The standard InChI is InChI=1S/C26H26/c1-2-3-4-13-26(24-16-14-20-9-5-7-11-22(20)18-24)25-17-15-21-10-6-8-12-23(21)19-25/h5-12,14-19,26H,2-4,13H2,1H3. The van der Waals surface area contributed by atoms with Gasteiger partial charge in [-0.2, -0.15) is 0 Å². The van der Waals surface area contributed by atoms with E-state index in [9.17, 15) is 0 Å². The summed E-state index contributed by atoms with van der Waals surface area (Å²) in [6.45, 7) is 2.28. The zero-order valence-corrected chi connectivity index (χ0v) is 15.5. The highest BCUT2D eigenvalue weighted by atomic mass is 14.2. The molecule has 0 amide bonds. The maximum atomic E-state index is 2.39. The summed E-state index contributed by atoms with van der Waals surface area (Å²) in [5, 5.41) is 5.32. The third-order valence-electron chi connectivity index (χ3n) is 5.45. The molecule has 0 aliphatic rings. The van der Waals surface area contributed by atoms with E-state index in [1.54, 1.807) is 0 Å². The molecule has 0 aromatic heterocycles. The third-order valence-corrected chi connectivity index (χ3v) is 5.45. The van der Waals surface area contributed by atoms with Gasteiger partial charge in [-0.25, -0.2) is 0 Å². The molecule has 0 aliphatic heterocycles. The van der Waals surface area contributed by atoms with Crippen LogP contribution in [0.25, 0.3) is 21.5 Å². The van der Waals surface area contributed by atoms with E-state index in [1.807, 2.05) is 0 Å². The second-order valence-corrected chi connectivity index (χ2v) is 7.26. The molecule has 0 aliphatic carbocycles. The number of fused-ring (bicyclic) bond motifs is 2. The zero-order chi connectivity index (χ0) is 17.8. The van der Waals surface area contributed by atoms with Gasteiger partial charge in [0.1, 0.15) is 0 Å². The number of rotatable bonds is 6. The first-order valence-corrected chi connectivity index (χ1v) is 9.82. The topological polar surface area (TPSA) is 0 Å². The van der Waals surface area contributed by atoms with E-state index in [2.05, 4.69) is 91.9 Å². The van der Waals surface area contributed by atoms with Crippen molar-refractivity contribution in [3.05, 3.63) is 96.1 Å². The van der Waals surface area contributed by atoms with Crippen molar-refractivity contribution < 1.29 is 0 Å². The molecule has 0 spiro atoms. The number of hydrogen-bond donors (Lipinski definition) is 0. The van der Waals surface area contributed by atoms with E-state index in [1.165, 1.54) is 58.4 Å². The molecule has 0 unspecified atom stereocenters. The van der Waals surface area contributed by atoms with Gasteiger partial charge in [-0.3, -0.25) is 0 Å².